The van der Waals surface area contributed by atoms with Crippen molar-refractivity contribution in [1.29, 1.82) is 0 Å². The van der Waals surface area contributed by atoms with E-state index in [-0.39, 0.29) is 6.04 Å². The van der Waals surface area contributed by atoms with Crippen LogP contribution in [0.15, 0.2) is 6.07 Å². The van der Waals surface area contributed by atoms with E-state index in [1.165, 1.54) is 4.88 Å². The second-order valence-electron chi connectivity index (χ2n) is 4.27. The summed E-state index contributed by atoms with van der Waals surface area (Å²) in [5, 5.41) is 0. The standard InChI is InChI=1S/C11H16ClNOS/c1-6-3-9(15-11(6)12)10(13)8-4-7(2)14-5-8/h3,7-8,10H,4-5,13H2,1-2H3. The van der Waals surface area contributed by atoms with E-state index in [0.29, 0.717) is 12.0 Å². The first kappa shape index (κ1) is 11.4. The number of ether oxygens (including phenoxy) is 1. The monoisotopic (exact) mass is 245 g/mol. The zero-order valence-corrected chi connectivity index (χ0v) is 10.6. The van der Waals surface area contributed by atoms with Gasteiger partial charge in [0, 0.05) is 16.8 Å². The van der Waals surface area contributed by atoms with E-state index < -0.39 is 0 Å². The van der Waals surface area contributed by atoms with E-state index in [4.69, 9.17) is 22.1 Å². The quantitative estimate of drug-likeness (QED) is 0.869. The molecule has 0 amide bonds. The van der Waals surface area contributed by atoms with E-state index >= 15 is 0 Å². The molecule has 2 rings (SSSR count). The molecule has 0 aromatic carbocycles. The number of hydrogen-bond donors (Lipinski definition) is 1. The third kappa shape index (κ3) is 2.36. The maximum atomic E-state index is 6.22. The lowest BCUT2D eigenvalue weighted by Gasteiger charge is -2.15. The molecule has 3 atom stereocenters. The van der Waals surface area contributed by atoms with Crippen molar-refractivity contribution < 1.29 is 4.74 Å². The van der Waals surface area contributed by atoms with Crippen LogP contribution in [0.1, 0.15) is 29.8 Å². The maximum Gasteiger partial charge on any atom is 0.0960 e. The summed E-state index contributed by atoms with van der Waals surface area (Å²) in [6.07, 6.45) is 1.40. The fraction of sp³-hybridized carbons (Fsp3) is 0.636. The molecule has 1 aromatic rings. The summed E-state index contributed by atoms with van der Waals surface area (Å²) in [7, 11) is 0. The Morgan fingerprint density at radius 1 is 1.67 bits per heavy atom. The number of aryl methyl sites for hydroxylation is 1. The minimum Gasteiger partial charge on any atom is -0.378 e. The first-order chi connectivity index (χ1) is 7.08. The van der Waals surface area contributed by atoms with Gasteiger partial charge in [0.25, 0.3) is 0 Å². The van der Waals surface area contributed by atoms with Crippen LogP contribution in [0.2, 0.25) is 4.34 Å². The number of thiophene rings is 1. The van der Waals surface area contributed by atoms with Gasteiger partial charge in [-0.1, -0.05) is 11.6 Å². The lowest BCUT2D eigenvalue weighted by atomic mass is 9.96. The summed E-state index contributed by atoms with van der Waals surface area (Å²) in [5.41, 5.74) is 7.34. The van der Waals surface area contributed by atoms with Crippen molar-refractivity contribution in [3.05, 3.63) is 20.8 Å². The van der Waals surface area contributed by atoms with Gasteiger partial charge in [0.15, 0.2) is 0 Å². The fourth-order valence-corrected chi connectivity index (χ4v) is 3.29. The summed E-state index contributed by atoms with van der Waals surface area (Å²) in [4.78, 5) is 1.18. The molecular formula is C11H16ClNOS. The van der Waals surface area contributed by atoms with Gasteiger partial charge in [0.05, 0.1) is 17.0 Å². The Labute approximate surface area is 99.4 Å². The van der Waals surface area contributed by atoms with Crippen LogP contribution in [-0.4, -0.2) is 12.7 Å². The minimum absolute atomic E-state index is 0.0751. The summed E-state index contributed by atoms with van der Waals surface area (Å²) in [5.74, 6) is 0.439. The van der Waals surface area contributed by atoms with Crippen molar-refractivity contribution in [2.24, 2.45) is 11.7 Å². The molecule has 1 aliphatic heterocycles. The van der Waals surface area contributed by atoms with Gasteiger partial charge in [0.2, 0.25) is 0 Å². The molecule has 1 aromatic heterocycles. The van der Waals surface area contributed by atoms with Crippen LogP contribution in [0.25, 0.3) is 0 Å². The predicted octanol–water partition coefficient (Wildman–Crippen LogP) is 3.13. The summed E-state index contributed by atoms with van der Waals surface area (Å²) >= 11 is 7.64. The first-order valence-corrected chi connectivity index (χ1v) is 6.40. The Balaban J connectivity index is 2.10. The van der Waals surface area contributed by atoms with Gasteiger partial charge in [-0.3, -0.25) is 0 Å². The van der Waals surface area contributed by atoms with E-state index in [1.54, 1.807) is 11.3 Å². The number of halogens is 1. The average molecular weight is 246 g/mol. The lowest BCUT2D eigenvalue weighted by Crippen LogP contribution is -2.20. The molecule has 2 nitrogen and oxygen atoms in total. The molecule has 0 bridgehead atoms. The Morgan fingerprint density at radius 2 is 2.40 bits per heavy atom. The molecule has 15 heavy (non-hydrogen) atoms. The second kappa shape index (κ2) is 4.42. The first-order valence-electron chi connectivity index (χ1n) is 5.21. The Hall–Kier alpha value is -0.0900. The molecule has 1 fully saturated rings. The van der Waals surface area contributed by atoms with Crippen LogP contribution in [0.4, 0.5) is 0 Å². The molecule has 0 radical (unpaired) electrons. The van der Waals surface area contributed by atoms with Crippen molar-refractivity contribution in [1.82, 2.24) is 0 Å². The highest BCUT2D eigenvalue weighted by molar-refractivity contribution is 7.16. The predicted molar refractivity (Wildman–Crippen MR) is 64.5 cm³/mol. The molecule has 2 N–H and O–H groups in total. The third-order valence-electron chi connectivity index (χ3n) is 2.94. The normalized spacial score (nSPS) is 28.3. The topological polar surface area (TPSA) is 35.2 Å². The van der Waals surface area contributed by atoms with Crippen LogP contribution in [0.3, 0.4) is 0 Å². The minimum atomic E-state index is 0.0751. The van der Waals surface area contributed by atoms with Crippen LogP contribution < -0.4 is 5.73 Å². The third-order valence-corrected chi connectivity index (χ3v) is 4.60. The molecule has 4 heteroatoms. The highest BCUT2D eigenvalue weighted by atomic mass is 35.5. The molecule has 2 heterocycles. The van der Waals surface area contributed by atoms with Crippen LogP contribution >= 0.6 is 22.9 Å². The highest BCUT2D eigenvalue weighted by Gasteiger charge is 2.29. The molecule has 84 valence electrons. The number of hydrogen-bond acceptors (Lipinski definition) is 3. The smallest absolute Gasteiger partial charge is 0.0960 e. The van der Waals surface area contributed by atoms with Gasteiger partial charge >= 0.3 is 0 Å². The average Bonchev–Trinajstić information content (AvgIpc) is 2.74. The molecule has 1 saturated heterocycles. The van der Waals surface area contributed by atoms with Crippen molar-refractivity contribution in [3.8, 4) is 0 Å². The molecule has 0 spiro atoms. The molecular weight excluding hydrogens is 230 g/mol. The molecule has 0 saturated carbocycles. The molecule has 1 aliphatic rings. The zero-order valence-electron chi connectivity index (χ0n) is 9.00. The Kier molecular flexibility index (Phi) is 3.36. The Bertz CT molecular complexity index is 333. The lowest BCUT2D eigenvalue weighted by molar-refractivity contribution is 0.118. The van der Waals surface area contributed by atoms with E-state index in [2.05, 4.69) is 13.0 Å². The van der Waals surface area contributed by atoms with Gasteiger partial charge in [-0.05, 0) is 31.9 Å². The van der Waals surface area contributed by atoms with Crippen molar-refractivity contribution >= 4 is 22.9 Å². The van der Waals surface area contributed by atoms with Gasteiger partial charge in [-0.2, -0.15) is 0 Å². The van der Waals surface area contributed by atoms with E-state index in [0.717, 1.165) is 22.9 Å². The van der Waals surface area contributed by atoms with Gasteiger partial charge < -0.3 is 10.5 Å². The van der Waals surface area contributed by atoms with Crippen LogP contribution in [0, 0.1) is 12.8 Å². The molecule has 0 aliphatic carbocycles. The van der Waals surface area contributed by atoms with Gasteiger partial charge in [-0.25, -0.2) is 0 Å². The Morgan fingerprint density at radius 3 is 2.87 bits per heavy atom. The van der Waals surface area contributed by atoms with E-state index in [9.17, 15) is 0 Å². The van der Waals surface area contributed by atoms with Crippen molar-refractivity contribution in [3.63, 3.8) is 0 Å². The fourth-order valence-electron chi connectivity index (χ4n) is 1.98. The van der Waals surface area contributed by atoms with Crippen LogP contribution in [-0.2, 0) is 4.74 Å². The number of rotatable bonds is 2. The SMILES string of the molecule is Cc1cc(C(N)C2COC(C)C2)sc1Cl. The summed E-state index contributed by atoms with van der Waals surface area (Å²) in [6, 6.07) is 2.17. The molecule has 3 unspecified atom stereocenters. The number of nitrogens with two attached hydrogens (primary N) is 1. The summed E-state index contributed by atoms with van der Waals surface area (Å²) < 4.78 is 6.39. The van der Waals surface area contributed by atoms with E-state index in [1.807, 2.05) is 6.92 Å². The second-order valence-corrected chi connectivity index (χ2v) is 5.96. The van der Waals surface area contributed by atoms with Gasteiger partial charge in [0.1, 0.15) is 0 Å². The zero-order chi connectivity index (χ0) is 11.0. The van der Waals surface area contributed by atoms with Gasteiger partial charge in [-0.15, -0.1) is 11.3 Å². The maximum absolute atomic E-state index is 6.22. The summed E-state index contributed by atoms with van der Waals surface area (Å²) in [6.45, 7) is 4.89. The van der Waals surface area contributed by atoms with Crippen LogP contribution in [0.5, 0.6) is 0 Å². The highest BCUT2D eigenvalue weighted by Crippen LogP contribution is 2.36. The van der Waals surface area contributed by atoms with Crippen molar-refractivity contribution in [2.75, 3.05) is 6.61 Å². The largest absolute Gasteiger partial charge is 0.378 e. The van der Waals surface area contributed by atoms with Crippen molar-refractivity contribution in [2.45, 2.75) is 32.4 Å².